The van der Waals surface area contributed by atoms with Gasteiger partial charge in [0.05, 0.1) is 16.6 Å². The Morgan fingerprint density at radius 2 is 1.81 bits per heavy atom. The number of amides is 1. The van der Waals surface area contributed by atoms with Gasteiger partial charge in [-0.1, -0.05) is 24.3 Å². The summed E-state index contributed by atoms with van der Waals surface area (Å²) in [5, 5.41) is 11.6. The number of carbonyl (C=O) groups is 2. The number of H-pyrrole nitrogens is 1. The van der Waals surface area contributed by atoms with Gasteiger partial charge in [-0.3, -0.25) is 9.59 Å². The maximum absolute atomic E-state index is 12.0. The van der Waals surface area contributed by atoms with Crippen LogP contribution < -0.4 is 10.9 Å². The van der Waals surface area contributed by atoms with Crippen LogP contribution in [-0.4, -0.2) is 27.0 Å². The fraction of sp³-hybridized carbons (Fsp3) is 0.158. The quantitative estimate of drug-likeness (QED) is 0.628. The van der Waals surface area contributed by atoms with E-state index in [9.17, 15) is 14.4 Å². The highest BCUT2D eigenvalue weighted by molar-refractivity contribution is 5.87. The van der Waals surface area contributed by atoms with Crippen LogP contribution >= 0.6 is 0 Å². The molecule has 1 amide bonds. The molecule has 26 heavy (non-hydrogen) atoms. The van der Waals surface area contributed by atoms with Gasteiger partial charge in [0.2, 0.25) is 5.91 Å². The van der Waals surface area contributed by atoms with Crippen molar-refractivity contribution < 1.29 is 14.7 Å². The molecule has 1 aromatic heterocycles. The summed E-state index contributed by atoms with van der Waals surface area (Å²) in [5.74, 6) is -1.20. The van der Waals surface area contributed by atoms with Crippen molar-refractivity contribution in [3.8, 4) is 0 Å². The van der Waals surface area contributed by atoms with Gasteiger partial charge in [0.15, 0.2) is 0 Å². The van der Waals surface area contributed by atoms with Gasteiger partial charge in [-0.25, -0.2) is 9.78 Å². The number of carbonyl (C=O) groups excluding carboxylic acids is 1. The second-order valence-electron chi connectivity index (χ2n) is 5.81. The number of carboxylic acids is 1. The Labute approximate surface area is 148 Å². The van der Waals surface area contributed by atoms with Crippen LogP contribution in [0.25, 0.3) is 11.0 Å². The molecule has 7 nitrogen and oxygen atoms in total. The van der Waals surface area contributed by atoms with Gasteiger partial charge in [0.25, 0.3) is 5.56 Å². The van der Waals surface area contributed by atoms with Gasteiger partial charge in [0.1, 0.15) is 5.69 Å². The molecule has 0 bridgehead atoms. The number of carboxylic acid groups (broad SMARTS) is 1. The van der Waals surface area contributed by atoms with E-state index >= 15 is 0 Å². The van der Waals surface area contributed by atoms with Gasteiger partial charge in [-0.2, -0.15) is 0 Å². The van der Waals surface area contributed by atoms with E-state index < -0.39 is 5.97 Å². The molecular formula is C19H17N3O4. The molecule has 0 saturated heterocycles. The van der Waals surface area contributed by atoms with Crippen LogP contribution in [0.2, 0.25) is 0 Å². The van der Waals surface area contributed by atoms with E-state index in [-0.39, 0.29) is 29.9 Å². The monoisotopic (exact) mass is 351 g/mol. The van der Waals surface area contributed by atoms with Crippen molar-refractivity contribution in [3.63, 3.8) is 0 Å². The summed E-state index contributed by atoms with van der Waals surface area (Å²) in [6.07, 6.45) is 0.381. The molecule has 0 atom stereocenters. The van der Waals surface area contributed by atoms with Crippen LogP contribution in [0.15, 0.2) is 53.3 Å². The third-order valence-electron chi connectivity index (χ3n) is 3.95. The zero-order valence-corrected chi connectivity index (χ0v) is 13.9. The molecule has 3 N–H and O–H groups in total. The Balaban J connectivity index is 1.56. The highest BCUT2D eigenvalue weighted by atomic mass is 16.4. The molecule has 0 fully saturated rings. The average Bonchev–Trinajstić information content (AvgIpc) is 2.65. The number of hydrogen-bond acceptors (Lipinski definition) is 4. The third kappa shape index (κ3) is 4.13. The molecule has 3 aromatic rings. The first kappa shape index (κ1) is 17.3. The molecule has 1 heterocycles. The van der Waals surface area contributed by atoms with Crippen molar-refractivity contribution in [3.05, 3.63) is 75.7 Å². The highest BCUT2D eigenvalue weighted by Gasteiger charge is 2.08. The van der Waals surface area contributed by atoms with Crippen molar-refractivity contribution in [1.82, 2.24) is 15.3 Å². The number of aromatic amines is 1. The van der Waals surface area contributed by atoms with Gasteiger partial charge in [-0.05, 0) is 29.8 Å². The van der Waals surface area contributed by atoms with E-state index in [4.69, 9.17) is 5.11 Å². The molecule has 132 valence electrons. The molecular weight excluding hydrogens is 334 g/mol. The predicted octanol–water partition coefficient (Wildman–Crippen LogP) is 1.87. The first-order chi connectivity index (χ1) is 12.5. The van der Waals surface area contributed by atoms with Crippen molar-refractivity contribution in [2.75, 3.05) is 0 Å². The number of fused-ring (bicyclic) bond motifs is 1. The SMILES string of the molecule is O=C(CCc1nc2ccccc2[nH]c1=O)NCc1ccc(C(=O)O)cc1. The fourth-order valence-corrected chi connectivity index (χ4v) is 2.52. The number of aromatic nitrogens is 2. The van der Waals surface area contributed by atoms with Crippen LogP contribution in [0.3, 0.4) is 0 Å². The van der Waals surface area contributed by atoms with Crippen LogP contribution in [0.5, 0.6) is 0 Å². The molecule has 0 aliphatic heterocycles. The van der Waals surface area contributed by atoms with Gasteiger partial charge in [-0.15, -0.1) is 0 Å². The van der Waals surface area contributed by atoms with Gasteiger partial charge < -0.3 is 15.4 Å². The minimum atomic E-state index is -0.992. The summed E-state index contributed by atoms with van der Waals surface area (Å²) < 4.78 is 0. The first-order valence-electron chi connectivity index (χ1n) is 8.10. The van der Waals surface area contributed by atoms with Gasteiger partial charge in [0, 0.05) is 19.4 Å². The van der Waals surface area contributed by atoms with E-state index in [1.165, 1.54) is 12.1 Å². The van der Waals surface area contributed by atoms with E-state index in [1.54, 1.807) is 24.3 Å². The second-order valence-corrected chi connectivity index (χ2v) is 5.81. The number of nitrogens with zero attached hydrogens (tertiary/aromatic N) is 1. The highest BCUT2D eigenvalue weighted by Crippen LogP contribution is 2.07. The summed E-state index contributed by atoms with van der Waals surface area (Å²) in [7, 11) is 0. The van der Waals surface area contributed by atoms with E-state index in [0.717, 1.165) is 5.56 Å². The standard InChI is InChI=1S/C19H17N3O4/c23-17(20-11-12-5-7-13(8-6-12)19(25)26)10-9-16-18(24)22-15-4-2-1-3-14(15)21-16/h1-8H,9-11H2,(H,20,23)(H,22,24)(H,25,26). The fourth-order valence-electron chi connectivity index (χ4n) is 2.52. The summed E-state index contributed by atoms with van der Waals surface area (Å²) in [6.45, 7) is 0.292. The Kier molecular flexibility index (Phi) is 5.07. The summed E-state index contributed by atoms with van der Waals surface area (Å²) in [5.41, 5.74) is 2.37. The molecule has 7 heteroatoms. The zero-order chi connectivity index (χ0) is 18.5. The Morgan fingerprint density at radius 1 is 1.08 bits per heavy atom. The van der Waals surface area contributed by atoms with Crippen LogP contribution in [0, 0.1) is 0 Å². The van der Waals surface area contributed by atoms with E-state index in [2.05, 4.69) is 15.3 Å². The van der Waals surface area contributed by atoms with Crippen molar-refractivity contribution in [2.45, 2.75) is 19.4 Å². The van der Waals surface area contributed by atoms with Crippen LogP contribution in [0.4, 0.5) is 0 Å². The lowest BCUT2D eigenvalue weighted by Crippen LogP contribution is -2.24. The molecule has 0 aliphatic carbocycles. The number of nitrogens with one attached hydrogen (secondary N) is 2. The third-order valence-corrected chi connectivity index (χ3v) is 3.95. The maximum Gasteiger partial charge on any atom is 0.335 e. The number of para-hydroxylation sites is 2. The maximum atomic E-state index is 12.0. The molecule has 0 saturated carbocycles. The molecule has 0 radical (unpaired) electrons. The topological polar surface area (TPSA) is 112 Å². The zero-order valence-electron chi connectivity index (χ0n) is 13.9. The summed E-state index contributed by atoms with van der Waals surface area (Å²) in [4.78, 5) is 41.9. The number of hydrogen-bond donors (Lipinski definition) is 3. The Bertz CT molecular complexity index is 1010. The molecule has 2 aromatic carbocycles. The van der Waals surface area contributed by atoms with Crippen LogP contribution in [-0.2, 0) is 17.8 Å². The van der Waals surface area contributed by atoms with Crippen LogP contribution in [0.1, 0.15) is 28.0 Å². The van der Waals surface area contributed by atoms with Crippen molar-refractivity contribution in [1.29, 1.82) is 0 Å². The molecule has 0 aliphatic rings. The van der Waals surface area contributed by atoms with E-state index in [1.807, 2.05) is 12.1 Å². The average molecular weight is 351 g/mol. The molecule has 0 spiro atoms. The summed E-state index contributed by atoms with van der Waals surface area (Å²) >= 11 is 0. The number of aryl methyl sites for hydroxylation is 1. The molecule has 3 rings (SSSR count). The smallest absolute Gasteiger partial charge is 0.335 e. The van der Waals surface area contributed by atoms with Gasteiger partial charge >= 0.3 is 5.97 Å². The number of aromatic carboxylic acids is 1. The minimum Gasteiger partial charge on any atom is -0.478 e. The number of rotatable bonds is 6. The first-order valence-corrected chi connectivity index (χ1v) is 8.10. The number of benzene rings is 2. The van der Waals surface area contributed by atoms with Crippen molar-refractivity contribution >= 4 is 22.9 Å². The summed E-state index contributed by atoms with van der Waals surface area (Å²) in [6, 6.07) is 13.5. The molecule has 0 unspecified atom stereocenters. The minimum absolute atomic E-state index is 0.141. The largest absolute Gasteiger partial charge is 0.478 e. The lowest BCUT2D eigenvalue weighted by Gasteiger charge is -2.06. The normalized spacial score (nSPS) is 10.6. The second kappa shape index (κ2) is 7.60. The predicted molar refractivity (Wildman–Crippen MR) is 95.9 cm³/mol. The Morgan fingerprint density at radius 3 is 2.54 bits per heavy atom. The Hall–Kier alpha value is -3.48. The lowest BCUT2D eigenvalue weighted by molar-refractivity contribution is -0.121. The lowest BCUT2D eigenvalue weighted by atomic mass is 10.1. The van der Waals surface area contributed by atoms with Crippen molar-refractivity contribution in [2.24, 2.45) is 0 Å². The van der Waals surface area contributed by atoms with E-state index in [0.29, 0.717) is 23.3 Å².